The van der Waals surface area contributed by atoms with Crippen LogP contribution in [0.4, 0.5) is 25.9 Å². The number of halogens is 2. The highest BCUT2D eigenvalue weighted by Crippen LogP contribution is 2.21. The second kappa shape index (κ2) is 15.0. The van der Waals surface area contributed by atoms with Gasteiger partial charge in [0.2, 0.25) is 11.9 Å². The van der Waals surface area contributed by atoms with Gasteiger partial charge in [0.15, 0.2) is 0 Å². The second-order valence-electron chi connectivity index (χ2n) is 12.9. The molecule has 12 nitrogen and oxygen atoms in total. The van der Waals surface area contributed by atoms with Gasteiger partial charge in [-0.25, -0.2) is 33.9 Å². The Morgan fingerprint density at radius 2 is 1.00 bits per heavy atom. The van der Waals surface area contributed by atoms with Crippen molar-refractivity contribution in [2.45, 2.75) is 52.7 Å². The average Bonchev–Trinajstić information content (AvgIpc) is 3.01. The molecule has 0 saturated carbocycles. The van der Waals surface area contributed by atoms with Crippen LogP contribution in [0.15, 0.2) is 53.5 Å². The Morgan fingerprint density at radius 1 is 0.630 bits per heavy atom. The maximum absolute atomic E-state index is 13.0. The van der Waals surface area contributed by atoms with Gasteiger partial charge >= 0.3 is 12.2 Å². The fraction of sp³-hybridized carbons (Fsp3) is 0.500. The van der Waals surface area contributed by atoms with Gasteiger partial charge < -0.3 is 29.1 Å². The Kier molecular flexibility index (Phi) is 11.4. The second-order valence-corrected chi connectivity index (χ2v) is 13.8. The Balaban J connectivity index is 0.000000216. The molecule has 0 spiro atoms. The summed E-state index contributed by atoms with van der Waals surface area (Å²) >= 11 is 3.31. The zero-order valence-electron chi connectivity index (χ0n) is 27.2. The van der Waals surface area contributed by atoms with Crippen molar-refractivity contribution in [1.29, 1.82) is 0 Å². The van der Waals surface area contributed by atoms with Gasteiger partial charge in [-0.1, -0.05) is 12.1 Å². The van der Waals surface area contributed by atoms with E-state index in [0.29, 0.717) is 64.3 Å². The minimum Gasteiger partial charge on any atom is -0.444 e. The van der Waals surface area contributed by atoms with Gasteiger partial charge in [-0.15, -0.1) is 0 Å². The standard InChI is InChI=1S/C19H23FN4O2.C13H19BrN4O2/c1-19(2,3)26-18(25)24-10-8-23(9-11-24)17-21-12-15(13-22-17)14-4-6-16(20)7-5-14;1-13(2,3)20-12(19)18-6-4-17(5-7-18)11-15-8-10(14)9-16-11/h4-7,12-13H,8-11H2,1-3H3;8-9H,4-7H2,1-3H3. The average molecular weight is 702 g/mol. The van der Waals surface area contributed by atoms with E-state index in [-0.39, 0.29) is 18.0 Å². The molecule has 0 bridgehead atoms. The van der Waals surface area contributed by atoms with Crippen LogP contribution in [-0.2, 0) is 9.47 Å². The Bertz CT molecular complexity index is 1430. The van der Waals surface area contributed by atoms with Crippen molar-refractivity contribution in [3.63, 3.8) is 0 Å². The van der Waals surface area contributed by atoms with Gasteiger partial charge in [-0.3, -0.25) is 0 Å². The third kappa shape index (κ3) is 10.5. The molecule has 2 amide bonds. The number of piperazine rings is 2. The van der Waals surface area contributed by atoms with Gasteiger partial charge in [-0.05, 0) is 75.2 Å². The van der Waals surface area contributed by atoms with Crippen molar-refractivity contribution in [3.05, 3.63) is 59.3 Å². The first kappa shape index (κ1) is 34.8. The molecule has 1 aromatic carbocycles. The van der Waals surface area contributed by atoms with Crippen LogP contribution in [0.5, 0.6) is 0 Å². The van der Waals surface area contributed by atoms with Crippen molar-refractivity contribution in [1.82, 2.24) is 29.7 Å². The maximum Gasteiger partial charge on any atom is 0.410 e. The number of ether oxygens (including phenoxy) is 2. The molecule has 46 heavy (non-hydrogen) atoms. The third-order valence-corrected chi connectivity index (χ3v) is 7.26. The summed E-state index contributed by atoms with van der Waals surface area (Å²) in [5, 5.41) is 0. The number of carbonyl (C=O) groups is 2. The molecular weight excluding hydrogens is 659 g/mol. The molecule has 2 aliphatic rings. The smallest absolute Gasteiger partial charge is 0.410 e. The highest BCUT2D eigenvalue weighted by atomic mass is 79.9. The molecule has 0 radical (unpaired) electrons. The van der Waals surface area contributed by atoms with Crippen molar-refractivity contribution >= 4 is 40.0 Å². The van der Waals surface area contributed by atoms with E-state index in [1.54, 1.807) is 46.7 Å². The molecule has 3 aromatic rings. The first-order valence-corrected chi connectivity index (χ1v) is 16.0. The number of rotatable bonds is 3. The van der Waals surface area contributed by atoms with Gasteiger partial charge in [-0.2, -0.15) is 0 Å². The molecule has 2 saturated heterocycles. The molecule has 4 heterocycles. The quantitative estimate of drug-likeness (QED) is 0.340. The van der Waals surface area contributed by atoms with E-state index in [1.807, 2.05) is 46.4 Å². The van der Waals surface area contributed by atoms with E-state index >= 15 is 0 Å². The van der Waals surface area contributed by atoms with Crippen LogP contribution in [-0.4, -0.2) is 105 Å². The molecule has 14 heteroatoms. The molecule has 5 rings (SSSR count). The summed E-state index contributed by atoms with van der Waals surface area (Å²) in [5.41, 5.74) is 0.755. The normalized spacial score (nSPS) is 15.6. The molecule has 0 atom stereocenters. The van der Waals surface area contributed by atoms with E-state index in [4.69, 9.17) is 9.47 Å². The zero-order valence-corrected chi connectivity index (χ0v) is 28.8. The van der Waals surface area contributed by atoms with E-state index in [9.17, 15) is 14.0 Å². The number of hydrogen-bond acceptors (Lipinski definition) is 10. The lowest BCUT2D eigenvalue weighted by Crippen LogP contribution is -2.50. The summed E-state index contributed by atoms with van der Waals surface area (Å²) in [6.07, 6.45) is 6.37. The van der Waals surface area contributed by atoms with Crippen LogP contribution >= 0.6 is 15.9 Å². The number of amides is 2. The molecule has 248 valence electrons. The van der Waals surface area contributed by atoms with E-state index in [1.165, 1.54) is 12.1 Å². The number of benzene rings is 1. The lowest BCUT2D eigenvalue weighted by molar-refractivity contribution is 0.0229. The minimum atomic E-state index is -0.493. The first-order chi connectivity index (χ1) is 21.7. The van der Waals surface area contributed by atoms with Gasteiger partial charge in [0.05, 0.1) is 4.47 Å². The SMILES string of the molecule is CC(C)(C)OC(=O)N1CCN(c2ncc(-c3ccc(F)cc3)cn2)CC1.CC(C)(C)OC(=O)N1CCN(c2ncc(Br)cn2)CC1. The minimum absolute atomic E-state index is 0.256. The molecule has 0 aliphatic carbocycles. The number of carbonyl (C=O) groups excluding carboxylic acids is 2. The van der Waals surface area contributed by atoms with Crippen LogP contribution in [0, 0.1) is 5.82 Å². The molecule has 2 aromatic heterocycles. The highest BCUT2D eigenvalue weighted by Gasteiger charge is 2.28. The highest BCUT2D eigenvalue weighted by molar-refractivity contribution is 9.10. The summed E-state index contributed by atoms with van der Waals surface area (Å²) in [6, 6.07) is 6.24. The van der Waals surface area contributed by atoms with E-state index in [2.05, 4.69) is 40.8 Å². The van der Waals surface area contributed by atoms with Crippen molar-refractivity contribution < 1.29 is 23.5 Å². The predicted molar refractivity (Wildman–Crippen MR) is 177 cm³/mol. The predicted octanol–water partition coefficient (Wildman–Crippen LogP) is 5.64. The number of hydrogen-bond donors (Lipinski definition) is 0. The summed E-state index contributed by atoms with van der Waals surface area (Å²) in [6.45, 7) is 16.3. The zero-order chi connectivity index (χ0) is 33.5. The van der Waals surface area contributed by atoms with Gasteiger partial charge in [0.25, 0.3) is 0 Å². The molecule has 2 aliphatic heterocycles. The van der Waals surface area contributed by atoms with Gasteiger partial charge in [0, 0.05) is 82.7 Å². The maximum atomic E-state index is 13.0. The number of nitrogens with zero attached hydrogens (tertiary/aromatic N) is 8. The number of anilines is 2. The van der Waals surface area contributed by atoms with E-state index in [0.717, 1.165) is 15.6 Å². The number of aromatic nitrogens is 4. The molecule has 2 fully saturated rings. The van der Waals surface area contributed by atoms with Crippen LogP contribution in [0.25, 0.3) is 11.1 Å². The Morgan fingerprint density at radius 3 is 1.37 bits per heavy atom. The van der Waals surface area contributed by atoms with Crippen molar-refractivity contribution in [3.8, 4) is 11.1 Å². The third-order valence-electron chi connectivity index (χ3n) is 6.85. The van der Waals surface area contributed by atoms with Crippen LogP contribution in [0.1, 0.15) is 41.5 Å². The van der Waals surface area contributed by atoms with Crippen LogP contribution in [0.2, 0.25) is 0 Å². The molecular formula is C32H42BrFN8O4. The summed E-state index contributed by atoms with van der Waals surface area (Å²) in [5.74, 6) is 1.05. The molecule has 0 N–H and O–H groups in total. The first-order valence-electron chi connectivity index (χ1n) is 15.2. The summed E-state index contributed by atoms with van der Waals surface area (Å²) < 4.78 is 24.6. The topological polar surface area (TPSA) is 117 Å². The van der Waals surface area contributed by atoms with Crippen LogP contribution < -0.4 is 9.80 Å². The van der Waals surface area contributed by atoms with Crippen molar-refractivity contribution in [2.75, 3.05) is 62.2 Å². The summed E-state index contributed by atoms with van der Waals surface area (Å²) in [7, 11) is 0. The van der Waals surface area contributed by atoms with Crippen LogP contribution in [0.3, 0.4) is 0 Å². The lowest BCUT2D eigenvalue weighted by atomic mass is 10.1. The lowest BCUT2D eigenvalue weighted by Gasteiger charge is -2.35. The molecule has 0 unspecified atom stereocenters. The largest absolute Gasteiger partial charge is 0.444 e. The van der Waals surface area contributed by atoms with E-state index < -0.39 is 11.2 Å². The Labute approximate surface area is 278 Å². The van der Waals surface area contributed by atoms with Crippen molar-refractivity contribution in [2.24, 2.45) is 0 Å². The van der Waals surface area contributed by atoms with Gasteiger partial charge in [0.1, 0.15) is 17.0 Å². The monoisotopic (exact) mass is 700 g/mol. The fourth-order valence-corrected chi connectivity index (χ4v) is 4.78. The fourth-order valence-electron chi connectivity index (χ4n) is 4.58. The summed E-state index contributed by atoms with van der Waals surface area (Å²) in [4.78, 5) is 48.9. The Hall–Kier alpha value is -4.07.